The van der Waals surface area contributed by atoms with Crippen molar-refractivity contribution in [3.8, 4) is 0 Å². The van der Waals surface area contributed by atoms with E-state index in [0.717, 1.165) is 43.8 Å². The summed E-state index contributed by atoms with van der Waals surface area (Å²) in [6.45, 7) is 9.97. The van der Waals surface area contributed by atoms with Crippen LogP contribution in [0.4, 0.5) is 0 Å². The van der Waals surface area contributed by atoms with Crippen LogP contribution in [0.5, 0.6) is 0 Å². The van der Waals surface area contributed by atoms with Crippen molar-refractivity contribution < 1.29 is 9.59 Å². The molecule has 5 heteroatoms. The van der Waals surface area contributed by atoms with Gasteiger partial charge in [0.1, 0.15) is 0 Å². The molecule has 0 aromatic carbocycles. The molecule has 4 rings (SSSR count). The second kappa shape index (κ2) is 8.28. The molecule has 0 aliphatic heterocycles. The highest BCUT2D eigenvalue weighted by atomic mass is 16.2. The number of carbonyl (C=O) groups excluding carboxylic acids is 2. The van der Waals surface area contributed by atoms with Crippen LogP contribution in [0.1, 0.15) is 65.7 Å². The van der Waals surface area contributed by atoms with Crippen molar-refractivity contribution >= 4 is 11.8 Å². The molecule has 4 aliphatic carbocycles. The van der Waals surface area contributed by atoms with Crippen LogP contribution >= 0.6 is 0 Å². The van der Waals surface area contributed by atoms with Crippen molar-refractivity contribution in [1.82, 2.24) is 15.5 Å². The van der Waals surface area contributed by atoms with Gasteiger partial charge in [0, 0.05) is 12.6 Å². The van der Waals surface area contributed by atoms with Crippen LogP contribution in [0.25, 0.3) is 0 Å². The van der Waals surface area contributed by atoms with Crippen LogP contribution in [-0.4, -0.2) is 48.9 Å². The molecule has 0 radical (unpaired) electrons. The molecule has 1 atom stereocenters. The molecule has 2 amide bonds. The van der Waals surface area contributed by atoms with Gasteiger partial charge in [0.25, 0.3) is 0 Å². The van der Waals surface area contributed by atoms with Crippen molar-refractivity contribution in [2.75, 3.05) is 26.2 Å². The van der Waals surface area contributed by atoms with Crippen molar-refractivity contribution in [1.29, 1.82) is 0 Å². The fourth-order valence-electron chi connectivity index (χ4n) is 6.25. The SMILES string of the molecule is CCN(CC)CCCNC(=O)C(=O)NC(C)C12CC3CC(CC(C3)C1)C2. The lowest BCUT2D eigenvalue weighted by Gasteiger charge is -2.59. The Morgan fingerprint density at radius 1 is 1.00 bits per heavy atom. The summed E-state index contributed by atoms with van der Waals surface area (Å²) in [5, 5.41) is 5.83. The molecule has 0 heterocycles. The van der Waals surface area contributed by atoms with E-state index in [9.17, 15) is 9.59 Å². The Morgan fingerprint density at radius 3 is 2.04 bits per heavy atom. The zero-order valence-corrected chi connectivity index (χ0v) is 16.9. The molecule has 4 fully saturated rings. The van der Waals surface area contributed by atoms with Gasteiger partial charge < -0.3 is 15.5 Å². The summed E-state index contributed by atoms with van der Waals surface area (Å²) in [6.07, 6.45) is 8.79. The minimum atomic E-state index is -0.471. The first-order chi connectivity index (χ1) is 12.5. The fraction of sp³-hybridized carbons (Fsp3) is 0.905. The molecule has 4 aliphatic rings. The van der Waals surface area contributed by atoms with Crippen molar-refractivity contribution in [2.45, 2.75) is 71.8 Å². The Balaban J connectivity index is 1.43. The van der Waals surface area contributed by atoms with Crippen molar-refractivity contribution in [3.05, 3.63) is 0 Å². The predicted octanol–water partition coefficient (Wildman–Crippen LogP) is 2.56. The summed E-state index contributed by atoms with van der Waals surface area (Å²) >= 11 is 0. The van der Waals surface area contributed by atoms with Gasteiger partial charge in [-0.25, -0.2) is 0 Å². The molecular formula is C21H37N3O2. The minimum absolute atomic E-state index is 0.102. The van der Waals surface area contributed by atoms with E-state index in [0.29, 0.717) is 6.54 Å². The lowest BCUT2D eigenvalue weighted by molar-refractivity contribution is -0.141. The number of rotatable bonds is 8. The van der Waals surface area contributed by atoms with E-state index < -0.39 is 11.8 Å². The molecule has 26 heavy (non-hydrogen) atoms. The van der Waals surface area contributed by atoms with Crippen molar-refractivity contribution in [3.63, 3.8) is 0 Å². The Labute approximate surface area is 158 Å². The van der Waals surface area contributed by atoms with Gasteiger partial charge in [0.15, 0.2) is 0 Å². The summed E-state index contributed by atoms with van der Waals surface area (Å²) in [4.78, 5) is 26.8. The van der Waals surface area contributed by atoms with Gasteiger partial charge in [0.05, 0.1) is 0 Å². The average Bonchev–Trinajstić information content (AvgIpc) is 2.60. The minimum Gasteiger partial charge on any atom is -0.348 e. The molecule has 148 valence electrons. The summed E-state index contributed by atoms with van der Waals surface area (Å²) in [5.74, 6) is 1.65. The van der Waals surface area contributed by atoms with E-state index in [1.807, 2.05) is 0 Å². The van der Waals surface area contributed by atoms with Gasteiger partial charge in [0.2, 0.25) is 0 Å². The van der Waals surface area contributed by atoms with Crippen LogP contribution in [0.2, 0.25) is 0 Å². The third-order valence-corrected chi connectivity index (χ3v) is 7.39. The van der Waals surface area contributed by atoms with Gasteiger partial charge in [-0.15, -0.1) is 0 Å². The number of hydrogen-bond donors (Lipinski definition) is 2. The molecule has 1 unspecified atom stereocenters. The molecule has 0 aromatic rings. The maximum Gasteiger partial charge on any atom is 0.309 e. The molecule has 4 saturated carbocycles. The highest BCUT2D eigenvalue weighted by Crippen LogP contribution is 2.61. The second-order valence-corrected chi connectivity index (χ2v) is 9.11. The summed E-state index contributed by atoms with van der Waals surface area (Å²) in [6, 6.07) is 0.102. The third kappa shape index (κ3) is 4.24. The van der Waals surface area contributed by atoms with Crippen LogP contribution in [-0.2, 0) is 9.59 Å². The lowest BCUT2D eigenvalue weighted by atomic mass is 9.48. The predicted molar refractivity (Wildman–Crippen MR) is 104 cm³/mol. The maximum atomic E-state index is 12.4. The largest absolute Gasteiger partial charge is 0.348 e. The standard InChI is InChI=1S/C21H37N3O2/c1-4-24(5-2)8-6-7-22-19(25)20(26)23-15(3)21-12-16-9-17(13-21)11-18(10-16)14-21/h15-18H,4-14H2,1-3H3,(H,22,25)(H,23,26). The first-order valence-electron chi connectivity index (χ1n) is 10.8. The van der Waals surface area contributed by atoms with Crippen molar-refractivity contribution in [2.24, 2.45) is 23.2 Å². The van der Waals surface area contributed by atoms with Crippen LogP contribution in [0.3, 0.4) is 0 Å². The molecular weight excluding hydrogens is 326 g/mol. The van der Waals surface area contributed by atoms with Crippen LogP contribution in [0.15, 0.2) is 0 Å². The number of nitrogens with one attached hydrogen (secondary N) is 2. The normalized spacial score (nSPS) is 33.3. The van der Waals surface area contributed by atoms with E-state index in [2.05, 4.69) is 36.3 Å². The monoisotopic (exact) mass is 363 g/mol. The zero-order chi connectivity index (χ0) is 18.7. The Bertz CT molecular complexity index is 480. The topological polar surface area (TPSA) is 61.4 Å². The van der Waals surface area contributed by atoms with Gasteiger partial charge in [-0.05, 0) is 94.7 Å². The quantitative estimate of drug-likeness (QED) is 0.515. The maximum absolute atomic E-state index is 12.4. The van der Waals surface area contributed by atoms with Gasteiger partial charge >= 0.3 is 11.8 Å². The average molecular weight is 364 g/mol. The van der Waals surface area contributed by atoms with Gasteiger partial charge in [-0.2, -0.15) is 0 Å². The summed E-state index contributed by atoms with van der Waals surface area (Å²) < 4.78 is 0. The first kappa shape index (κ1) is 19.7. The van der Waals surface area contributed by atoms with E-state index in [1.54, 1.807) is 0 Å². The highest BCUT2D eigenvalue weighted by molar-refractivity contribution is 6.35. The molecule has 4 bridgehead atoms. The number of amides is 2. The number of nitrogens with zero attached hydrogens (tertiary/aromatic N) is 1. The van der Waals surface area contributed by atoms with E-state index in [1.165, 1.54) is 38.5 Å². The van der Waals surface area contributed by atoms with Crippen LogP contribution < -0.4 is 10.6 Å². The number of carbonyl (C=O) groups is 2. The second-order valence-electron chi connectivity index (χ2n) is 9.11. The zero-order valence-electron chi connectivity index (χ0n) is 16.9. The third-order valence-electron chi connectivity index (χ3n) is 7.39. The van der Waals surface area contributed by atoms with Gasteiger partial charge in [-0.3, -0.25) is 9.59 Å². The molecule has 5 nitrogen and oxygen atoms in total. The van der Waals surface area contributed by atoms with E-state index in [-0.39, 0.29) is 11.5 Å². The molecule has 0 spiro atoms. The van der Waals surface area contributed by atoms with Gasteiger partial charge in [-0.1, -0.05) is 13.8 Å². The Kier molecular flexibility index (Phi) is 6.26. The van der Waals surface area contributed by atoms with E-state index in [4.69, 9.17) is 0 Å². The lowest BCUT2D eigenvalue weighted by Crippen LogP contribution is -2.57. The number of hydrogen-bond acceptors (Lipinski definition) is 3. The molecule has 2 N–H and O–H groups in total. The Morgan fingerprint density at radius 2 is 1.54 bits per heavy atom. The van der Waals surface area contributed by atoms with E-state index >= 15 is 0 Å². The fourth-order valence-corrected chi connectivity index (χ4v) is 6.25. The summed E-state index contributed by atoms with van der Waals surface area (Å²) in [7, 11) is 0. The molecule has 0 saturated heterocycles. The first-order valence-corrected chi connectivity index (χ1v) is 10.8. The van der Waals surface area contributed by atoms with Crippen LogP contribution in [0, 0.1) is 23.2 Å². The Hall–Kier alpha value is -1.10. The highest BCUT2D eigenvalue weighted by Gasteiger charge is 2.53. The summed E-state index contributed by atoms with van der Waals surface area (Å²) in [5.41, 5.74) is 0.243. The molecule has 0 aromatic heterocycles. The smallest absolute Gasteiger partial charge is 0.309 e.